The molecule has 0 aliphatic carbocycles. The van der Waals surface area contributed by atoms with Gasteiger partial charge in [0.25, 0.3) is 0 Å². The molecule has 3 rings (SSSR count). The normalized spacial score (nSPS) is 19.6. The number of ether oxygens (including phenoxy) is 3. The van der Waals surface area contributed by atoms with Crippen LogP contribution in [0.25, 0.3) is 0 Å². The van der Waals surface area contributed by atoms with E-state index in [-0.39, 0.29) is 25.3 Å². The van der Waals surface area contributed by atoms with Gasteiger partial charge >= 0.3 is 22.4 Å². The van der Waals surface area contributed by atoms with Gasteiger partial charge in [-0.25, -0.2) is 13.8 Å². The van der Waals surface area contributed by atoms with E-state index in [4.69, 9.17) is 28.4 Å². The molecule has 3 amide bonds. The largest absolute Gasteiger partial charge is 0.496 e. The number of carbonyl (C=O) groups excluding carboxylic acids is 3. The molecule has 37 heavy (non-hydrogen) atoms. The van der Waals surface area contributed by atoms with E-state index in [1.807, 2.05) is 0 Å². The highest BCUT2D eigenvalue weighted by Gasteiger charge is 2.49. The first-order valence-corrected chi connectivity index (χ1v) is 13.1. The Morgan fingerprint density at radius 3 is 2.38 bits per heavy atom. The van der Waals surface area contributed by atoms with Crippen LogP contribution in [-0.4, -0.2) is 82.4 Å². The fourth-order valence-electron chi connectivity index (χ4n) is 4.29. The lowest BCUT2D eigenvalue weighted by Gasteiger charge is -2.27. The van der Waals surface area contributed by atoms with E-state index >= 15 is 0 Å². The predicted octanol–water partition coefficient (Wildman–Crippen LogP) is 1.61. The van der Waals surface area contributed by atoms with E-state index in [1.165, 1.54) is 19.1 Å². The summed E-state index contributed by atoms with van der Waals surface area (Å²) in [6.45, 7) is 3.56. The molecular weight excluding hydrogens is 510 g/mol. The van der Waals surface area contributed by atoms with Crippen molar-refractivity contribution >= 4 is 28.3 Å². The van der Waals surface area contributed by atoms with Crippen molar-refractivity contribution in [3.8, 4) is 11.5 Å². The van der Waals surface area contributed by atoms with Gasteiger partial charge in [-0.05, 0) is 43.2 Å². The number of piperidine rings is 1. The molecular formula is C23H33N3O10S. The maximum atomic E-state index is 12.5. The molecule has 0 radical (unpaired) electrons. The molecule has 14 heteroatoms. The van der Waals surface area contributed by atoms with Crippen molar-refractivity contribution in [2.75, 3.05) is 34.0 Å². The number of benzene rings is 1. The minimum absolute atomic E-state index is 0.0769. The smallest absolute Gasteiger partial charge is 0.421 e. The maximum Gasteiger partial charge on any atom is 0.421 e. The number of carbonyl (C=O) groups is 3. The molecule has 206 valence electrons. The van der Waals surface area contributed by atoms with Crippen LogP contribution in [0.2, 0.25) is 0 Å². The van der Waals surface area contributed by atoms with Gasteiger partial charge in [0.05, 0.1) is 33.5 Å². The van der Waals surface area contributed by atoms with Crippen molar-refractivity contribution in [3.63, 3.8) is 0 Å². The molecule has 2 fully saturated rings. The number of nitrogens with zero attached hydrogens (tertiary/aromatic N) is 2. The Bertz CT molecular complexity index is 1100. The number of amides is 3. The van der Waals surface area contributed by atoms with Crippen LogP contribution in [-0.2, 0) is 28.4 Å². The van der Waals surface area contributed by atoms with Crippen molar-refractivity contribution < 1.29 is 45.5 Å². The van der Waals surface area contributed by atoms with Gasteiger partial charge in [-0.2, -0.15) is 13.5 Å². The Kier molecular flexibility index (Phi) is 8.87. The summed E-state index contributed by atoms with van der Waals surface area (Å²) in [4.78, 5) is 37.8. The quantitative estimate of drug-likeness (QED) is 0.285. The number of hydrogen-bond acceptors (Lipinski definition) is 10. The summed E-state index contributed by atoms with van der Waals surface area (Å²) in [5.74, 6) is -0.604. The topological polar surface area (TPSA) is 164 Å². The lowest BCUT2D eigenvalue weighted by molar-refractivity contribution is -0.122. The monoisotopic (exact) mass is 543 g/mol. The van der Waals surface area contributed by atoms with E-state index in [0.29, 0.717) is 37.2 Å². The van der Waals surface area contributed by atoms with Crippen molar-refractivity contribution in [1.29, 1.82) is 0 Å². The lowest BCUT2D eigenvalue weighted by atomic mass is 9.89. The number of rotatable bonds is 13. The van der Waals surface area contributed by atoms with Crippen LogP contribution in [0.5, 0.6) is 11.5 Å². The molecule has 2 unspecified atom stereocenters. The zero-order valence-electron chi connectivity index (χ0n) is 21.3. The fourth-order valence-corrected chi connectivity index (χ4v) is 5.18. The number of fused-ring (bicyclic) bond motifs is 2. The van der Waals surface area contributed by atoms with Crippen molar-refractivity contribution in [3.05, 3.63) is 23.8 Å². The van der Waals surface area contributed by atoms with Gasteiger partial charge in [0, 0.05) is 6.54 Å². The molecule has 2 aliphatic rings. The molecule has 1 aromatic carbocycles. The molecule has 1 aromatic rings. The van der Waals surface area contributed by atoms with Gasteiger partial charge in [0.2, 0.25) is 5.91 Å². The number of hydrogen-bond donors (Lipinski definition) is 1. The number of hydroxylamine groups is 2. The summed E-state index contributed by atoms with van der Waals surface area (Å²) in [7, 11) is -1.68. The van der Waals surface area contributed by atoms with Crippen LogP contribution in [0.1, 0.15) is 49.9 Å². The zero-order chi connectivity index (χ0) is 27.4. The molecule has 2 heterocycles. The van der Waals surface area contributed by atoms with E-state index in [2.05, 4.69) is 0 Å². The van der Waals surface area contributed by atoms with Crippen LogP contribution in [0, 0.1) is 5.41 Å². The Labute approximate surface area is 216 Å². The molecule has 0 aromatic heterocycles. The third-order valence-corrected chi connectivity index (χ3v) is 7.03. The molecule has 0 saturated carbocycles. The minimum atomic E-state index is -4.55. The third kappa shape index (κ3) is 6.81. The van der Waals surface area contributed by atoms with Gasteiger partial charge in [-0.3, -0.25) is 4.79 Å². The van der Waals surface area contributed by atoms with Crippen LogP contribution in [0.15, 0.2) is 18.2 Å². The van der Waals surface area contributed by atoms with E-state index < -0.39 is 45.8 Å². The third-order valence-electron chi connectivity index (χ3n) is 6.28. The molecule has 2 N–H and O–H groups in total. The summed E-state index contributed by atoms with van der Waals surface area (Å²) in [5.41, 5.74) is 4.88. The van der Waals surface area contributed by atoms with Gasteiger partial charge in [0.15, 0.2) is 0 Å². The van der Waals surface area contributed by atoms with E-state index in [9.17, 15) is 22.8 Å². The second kappa shape index (κ2) is 11.5. The maximum absolute atomic E-state index is 12.5. The highest BCUT2D eigenvalue weighted by atomic mass is 32.3. The van der Waals surface area contributed by atoms with Gasteiger partial charge < -0.3 is 24.8 Å². The molecule has 2 bridgehead atoms. The Morgan fingerprint density at radius 2 is 1.78 bits per heavy atom. The predicted molar refractivity (Wildman–Crippen MR) is 129 cm³/mol. The van der Waals surface area contributed by atoms with Crippen molar-refractivity contribution in [2.45, 2.75) is 51.6 Å². The molecule has 0 spiro atoms. The first-order chi connectivity index (χ1) is 17.4. The highest BCUT2D eigenvalue weighted by Crippen LogP contribution is 2.32. The summed E-state index contributed by atoms with van der Waals surface area (Å²) in [5, 5.41) is 0.733. The highest BCUT2D eigenvalue weighted by molar-refractivity contribution is 7.81. The van der Waals surface area contributed by atoms with Gasteiger partial charge in [-0.1, -0.05) is 19.9 Å². The molecule has 2 saturated heterocycles. The number of urea groups is 1. The standard InChI is InChI=1S/C23H33N3O10S/c1-23(2,11-6-12-34-21(28)19-17(32-3)7-5-8-18(19)33-4)14-35-37(30,31)36-26-15-9-10-16(20(24)27)25(13-15)22(26)29/h5,7-8,15-16H,6,9-14H2,1-4H3,(H2,24,27). The zero-order valence-corrected chi connectivity index (χ0v) is 22.1. The average molecular weight is 544 g/mol. The van der Waals surface area contributed by atoms with Crippen LogP contribution >= 0.6 is 0 Å². The molecule has 2 atom stereocenters. The minimum Gasteiger partial charge on any atom is -0.496 e. The Morgan fingerprint density at radius 1 is 1.14 bits per heavy atom. The van der Waals surface area contributed by atoms with Gasteiger partial charge in [-0.15, -0.1) is 4.28 Å². The van der Waals surface area contributed by atoms with Crippen molar-refractivity contribution in [1.82, 2.24) is 9.96 Å². The first kappa shape index (κ1) is 28.5. The van der Waals surface area contributed by atoms with Crippen LogP contribution < -0.4 is 15.2 Å². The number of methoxy groups -OCH3 is 2. The first-order valence-electron chi connectivity index (χ1n) is 11.8. The van der Waals surface area contributed by atoms with E-state index in [1.54, 1.807) is 32.0 Å². The Hall–Kier alpha value is -3.10. The number of primary amides is 1. The van der Waals surface area contributed by atoms with Crippen LogP contribution in [0.3, 0.4) is 0 Å². The lowest BCUT2D eigenvalue weighted by Crippen LogP contribution is -2.47. The molecule has 2 aliphatic heterocycles. The summed E-state index contributed by atoms with van der Waals surface area (Å²) >= 11 is 0. The SMILES string of the molecule is COc1cccc(OC)c1C(=O)OCCCC(C)(C)COS(=O)(=O)ON1C(=O)N2CC1CCC2C(N)=O. The second-order valence-corrected chi connectivity index (χ2v) is 10.8. The number of esters is 1. The number of nitrogens with two attached hydrogens (primary N) is 1. The summed E-state index contributed by atoms with van der Waals surface area (Å²) < 4.78 is 50.6. The Balaban J connectivity index is 1.47. The summed E-state index contributed by atoms with van der Waals surface area (Å²) in [6, 6.07) is 2.88. The van der Waals surface area contributed by atoms with Gasteiger partial charge in [0.1, 0.15) is 23.1 Å². The fraction of sp³-hybridized carbons (Fsp3) is 0.609. The second-order valence-electron chi connectivity index (χ2n) is 9.60. The summed E-state index contributed by atoms with van der Waals surface area (Å²) in [6.07, 6.45) is 1.58. The molecule has 13 nitrogen and oxygen atoms in total. The van der Waals surface area contributed by atoms with Crippen LogP contribution in [0.4, 0.5) is 4.79 Å². The van der Waals surface area contributed by atoms with Crippen molar-refractivity contribution in [2.24, 2.45) is 11.1 Å². The average Bonchev–Trinajstić information content (AvgIpc) is 3.08. The van der Waals surface area contributed by atoms with E-state index in [0.717, 1.165) is 5.06 Å².